The molecule has 0 aliphatic rings. The highest BCUT2D eigenvalue weighted by atomic mass is 14.5. The Kier molecular flexibility index (Phi) is 60.5. The summed E-state index contributed by atoms with van der Waals surface area (Å²) in [5.41, 5.74) is 6.09. The zero-order chi connectivity index (χ0) is 13.1. The molecule has 0 radical (unpaired) electrons. The molecule has 0 aliphatic carbocycles. The number of hydrogen-bond acceptors (Lipinski definition) is 1. The van der Waals surface area contributed by atoms with Crippen molar-refractivity contribution in [3.63, 3.8) is 0 Å². The summed E-state index contributed by atoms with van der Waals surface area (Å²) < 4.78 is 0. The number of hydrogen-bond donors (Lipinski definition) is 1. The molecule has 0 fully saturated rings. The van der Waals surface area contributed by atoms with Gasteiger partial charge in [0.25, 0.3) is 0 Å². The van der Waals surface area contributed by atoms with Crippen molar-refractivity contribution < 1.29 is 0 Å². The third kappa shape index (κ3) is 65.2. The van der Waals surface area contributed by atoms with Gasteiger partial charge in [-0.25, -0.2) is 0 Å². The molecule has 0 spiro atoms. The molecule has 0 aliphatic heterocycles. The summed E-state index contributed by atoms with van der Waals surface area (Å²) in [4.78, 5) is 0. The molecule has 0 aromatic heterocycles. The molecule has 15 heavy (non-hydrogen) atoms. The molecular weight excluding hydrogens is 182 g/mol. The Morgan fingerprint density at radius 3 is 1.40 bits per heavy atom. The Hall–Kier alpha value is -1.24. The van der Waals surface area contributed by atoms with Crippen LogP contribution in [0.5, 0.6) is 0 Å². The van der Waals surface area contributed by atoms with E-state index in [1.165, 1.54) is 0 Å². The van der Waals surface area contributed by atoms with Crippen LogP contribution in [0.3, 0.4) is 0 Å². The zero-order valence-electron chi connectivity index (χ0n) is 11.2. The second-order valence-corrected chi connectivity index (χ2v) is 1.79. The molecule has 0 aromatic carbocycles. The van der Waals surface area contributed by atoms with E-state index < -0.39 is 0 Å². The quantitative estimate of drug-likeness (QED) is 0.664. The minimum Gasteiger partial charge on any atom is -0.399 e. The third-order valence-corrected chi connectivity index (χ3v) is 0.842. The molecule has 0 saturated carbocycles. The SMILES string of the molecule is C=C/C(N)=C\CC.C=CC=C.CC.CC. The molecule has 0 heterocycles. The molecule has 0 rings (SSSR count). The predicted octanol–water partition coefficient (Wildman–Crippen LogP) is 4.84. The minimum absolute atomic E-state index is 0.766. The molecule has 0 atom stereocenters. The Balaban J connectivity index is -0.0000000647. The summed E-state index contributed by atoms with van der Waals surface area (Å²) in [6.45, 7) is 20.2. The smallest absolute Gasteiger partial charge is 0.0267 e. The van der Waals surface area contributed by atoms with E-state index in [1.807, 2.05) is 40.7 Å². The average Bonchev–Trinajstić information content (AvgIpc) is 2.34. The summed E-state index contributed by atoms with van der Waals surface area (Å²) in [5, 5.41) is 0. The first-order valence-corrected chi connectivity index (χ1v) is 5.54. The Morgan fingerprint density at radius 1 is 1.00 bits per heavy atom. The van der Waals surface area contributed by atoms with Crippen LogP contribution in [-0.4, -0.2) is 0 Å². The molecule has 1 heteroatoms. The van der Waals surface area contributed by atoms with Crippen LogP contribution in [0, 0.1) is 0 Å². The topological polar surface area (TPSA) is 26.0 Å². The summed E-state index contributed by atoms with van der Waals surface area (Å²) in [6.07, 6.45) is 7.83. The van der Waals surface area contributed by atoms with Gasteiger partial charge in [0.2, 0.25) is 0 Å². The van der Waals surface area contributed by atoms with E-state index in [0.29, 0.717) is 0 Å². The maximum atomic E-state index is 5.33. The highest BCUT2D eigenvalue weighted by molar-refractivity contribution is 5.10. The molecule has 0 aromatic rings. The van der Waals surface area contributed by atoms with Gasteiger partial charge in [-0.05, 0) is 12.5 Å². The number of allylic oxidation sites excluding steroid dienone is 4. The van der Waals surface area contributed by atoms with Crippen molar-refractivity contribution in [3.05, 3.63) is 49.7 Å². The van der Waals surface area contributed by atoms with Gasteiger partial charge in [0.1, 0.15) is 0 Å². The van der Waals surface area contributed by atoms with Crippen LogP contribution in [0.1, 0.15) is 41.0 Å². The zero-order valence-corrected chi connectivity index (χ0v) is 11.2. The fraction of sp³-hybridized carbons (Fsp3) is 0.429. The van der Waals surface area contributed by atoms with E-state index in [9.17, 15) is 0 Å². The molecule has 1 nitrogen and oxygen atoms in total. The normalized spacial score (nSPS) is 7.40. The van der Waals surface area contributed by atoms with Gasteiger partial charge < -0.3 is 5.73 Å². The van der Waals surface area contributed by atoms with Crippen LogP contribution in [0.2, 0.25) is 0 Å². The maximum absolute atomic E-state index is 5.33. The lowest BCUT2D eigenvalue weighted by Crippen LogP contribution is -1.89. The van der Waals surface area contributed by atoms with E-state index in [-0.39, 0.29) is 0 Å². The first kappa shape index (κ1) is 23.5. The van der Waals surface area contributed by atoms with Crippen molar-refractivity contribution in [2.45, 2.75) is 41.0 Å². The van der Waals surface area contributed by atoms with Gasteiger partial charge >= 0.3 is 0 Å². The van der Waals surface area contributed by atoms with Crippen LogP contribution in [-0.2, 0) is 0 Å². The van der Waals surface area contributed by atoms with Gasteiger partial charge in [-0.3, -0.25) is 0 Å². The molecular formula is C14H29N. The highest BCUT2D eigenvalue weighted by Crippen LogP contribution is 1.85. The minimum atomic E-state index is 0.766. The van der Waals surface area contributed by atoms with Crippen LogP contribution in [0.15, 0.2) is 49.7 Å². The van der Waals surface area contributed by atoms with Gasteiger partial charge in [0.05, 0.1) is 0 Å². The van der Waals surface area contributed by atoms with Crippen LogP contribution < -0.4 is 5.73 Å². The fourth-order valence-corrected chi connectivity index (χ4v) is 0.319. The summed E-state index contributed by atoms with van der Waals surface area (Å²) in [5.74, 6) is 0. The lowest BCUT2D eigenvalue weighted by Gasteiger charge is -1.84. The van der Waals surface area contributed by atoms with E-state index in [4.69, 9.17) is 5.73 Å². The highest BCUT2D eigenvalue weighted by Gasteiger charge is 1.72. The van der Waals surface area contributed by atoms with Crippen molar-refractivity contribution in [3.8, 4) is 0 Å². The first-order chi connectivity index (χ1) is 7.22. The van der Waals surface area contributed by atoms with E-state index >= 15 is 0 Å². The fourth-order valence-electron chi connectivity index (χ4n) is 0.319. The van der Waals surface area contributed by atoms with Gasteiger partial charge in [0, 0.05) is 5.70 Å². The standard InChI is InChI=1S/C6H11N.C4H6.2C2H6/c1-3-5-6(7)4-2;1-3-4-2;2*1-2/h4-5H,2-3,7H2,1H3;3-4H,1-2H2;2*1-2H3/b6-5+;;;. The summed E-state index contributed by atoms with van der Waals surface area (Å²) >= 11 is 0. The van der Waals surface area contributed by atoms with Gasteiger partial charge in [0.15, 0.2) is 0 Å². The van der Waals surface area contributed by atoms with Crippen molar-refractivity contribution in [1.82, 2.24) is 0 Å². The second-order valence-electron chi connectivity index (χ2n) is 1.79. The summed E-state index contributed by atoms with van der Waals surface area (Å²) in [7, 11) is 0. The molecule has 0 saturated heterocycles. The average molecular weight is 211 g/mol. The Labute approximate surface area is 97.1 Å². The van der Waals surface area contributed by atoms with Crippen LogP contribution in [0.25, 0.3) is 0 Å². The second kappa shape index (κ2) is 38.6. The van der Waals surface area contributed by atoms with E-state index in [2.05, 4.69) is 19.7 Å². The van der Waals surface area contributed by atoms with Gasteiger partial charge in [-0.15, -0.1) is 0 Å². The number of rotatable bonds is 3. The third-order valence-electron chi connectivity index (χ3n) is 0.842. The molecule has 90 valence electrons. The van der Waals surface area contributed by atoms with Crippen molar-refractivity contribution >= 4 is 0 Å². The predicted molar refractivity (Wildman–Crippen MR) is 75.8 cm³/mol. The molecule has 0 amide bonds. The first-order valence-electron chi connectivity index (χ1n) is 5.54. The van der Waals surface area contributed by atoms with Crippen LogP contribution >= 0.6 is 0 Å². The van der Waals surface area contributed by atoms with Crippen molar-refractivity contribution in [2.24, 2.45) is 5.73 Å². The van der Waals surface area contributed by atoms with Gasteiger partial charge in [-0.2, -0.15) is 0 Å². The van der Waals surface area contributed by atoms with E-state index in [1.54, 1.807) is 18.2 Å². The van der Waals surface area contributed by atoms with E-state index in [0.717, 1.165) is 12.1 Å². The summed E-state index contributed by atoms with van der Waals surface area (Å²) in [6, 6.07) is 0. The molecule has 0 unspecified atom stereocenters. The van der Waals surface area contributed by atoms with Crippen LogP contribution in [0.4, 0.5) is 0 Å². The lowest BCUT2D eigenvalue weighted by molar-refractivity contribution is 1.19. The molecule has 0 bridgehead atoms. The molecule has 2 N–H and O–H groups in total. The van der Waals surface area contributed by atoms with Gasteiger partial charge in [-0.1, -0.05) is 72.6 Å². The maximum Gasteiger partial charge on any atom is 0.0267 e. The lowest BCUT2D eigenvalue weighted by atomic mass is 10.3. The van der Waals surface area contributed by atoms with Crippen molar-refractivity contribution in [1.29, 1.82) is 0 Å². The Morgan fingerprint density at radius 2 is 1.33 bits per heavy atom. The number of nitrogens with two attached hydrogens (primary N) is 1. The monoisotopic (exact) mass is 211 g/mol. The largest absolute Gasteiger partial charge is 0.399 e. The van der Waals surface area contributed by atoms with Crippen molar-refractivity contribution in [2.75, 3.05) is 0 Å². The Bertz CT molecular complexity index is 137.